The monoisotopic (exact) mass is 306 g/mol. The molecular weight excluding hydrogens is 288 g/mol. The number of amides is 1. The van der Waals surface area contributed by atoms with Crippen LogP contribution in [0.1, 0.15) is 23.0 Å². The third kappa shape index (κ3) is 3.40. The van der Waals surface area contributed by atoms with E-state index in [9.17, 15) is 9.59 Å². The van der Waals surface area contributed by atoms with Crippen LogP contribution in [0.5, 0.6) is 0 Å². The number of fused-ring (bicyclic) bond motifs is 1. The number of carbonyl (C=O) groups is 2. The van der Waals surface area contributed by atoms with E-state index in [1.807, 2.05) is 31.2 Å². The van der Waals surface area contributed by atoms with E-state index in [-0.39, 0.29) is 11.8 Å². The summed E-state index contributed by atoms with van der Waals surface area (Å²) in [5.74, 6) is -0.503. The summed E-state index contributed by atoms with van der Waals surface area (Å²) in [5.41, 5.74) is 6.06. The summed E-state index contributed by atoms with van der Waals surface area (Å²) in [6, 6.07) is 7.54. The molecule has 0 aliphatic heterocycles. The molecule has 0 bridgehead atoms. The molecule has 6 heteroatoms. The van der Waals surface area contributed by atoms with Gasteiger partial charge < -0.3 is 15.8 Å². The van der Waals surface area contributed by atoms with Crippen molar-refractivity contribution in [3.8, 4) is 0 Å². The third-order valence-electron chi connectivity index (χ3n) is 3.17. The summed E-state index contributed by atoms with van der Waals surface area (Å²) in [6.45, 7) is 2.36. The predicted octanol–water partition coefficient (Wildman–Crippen LogP) is 2.61. The van der Waals surface area contributed by atoms with E-state index in [4.69, 9.17) is 10.5 Å². The van der Waals surface area contributed by atoms with E-state index >= 15 is 0 Å². The Morgan fingerprint density at radius 3 is 2.76 bits per heavy atom. The highest BCUT2D eigenvalue weighted by atomic mass is 32.1. The van der Waals surface area contributed by atoms with E-state index in [1.54, 1.807) is 0 Å². The van der Waals surface area contributed by atoms with Gasteiger partial charge in [0.15, 0.2) is 0 Å². The van der Waals surface area contributed by atoms with E-state index in [1.165, 1.54) is 18.4 Å². The Morgan fingerprint density at radius 2 is 2.10 bits per heavy atom. The van der Waals surface area contributed by atoms with Crippen LogP contribution in [0.15, 0.2) is 24.3 Å². The number of ether oxygens (including phenoxy) is 1. The Hall–Kier alpha value is -1.92. The fourth-order valence-corrected chi connectivity index (χ4v) is 3.07. The quantitative estimate of drug-likeness (QED) is 0.832. The average molecular weight is 306 g/mol. The predicted molar refractivity (Wildman–Crippen MR) is 84.6 cm³/mol. The standard InChI is InChI=1S/C15H18N2O3S/c1-9(8-16)7-12(18)17-13-10-5-3-4-6-11(10)21-14(13)15(19)20-2/h3-6,9H,7-8,16H2,1-2H3,(H,17,18). The SMILES string of the molecule is COC(=O)c1sc2ccccc2c1NC(=O)CC(C)CN. The first-order valence-electron chi connectivity index (χ1n) is 6.66. The molecule has 0 spiro atoms. The number of rotatable bonds is 5. The Kier molecular flexibility index (Phi) is 4.93. The van der Waals surface area contributed by atoms with Crippen molar-refractivity contribution in [1.29, 1.82) is 0 Å². The normalized spacial score (nSPS) is 12.1. The first kappa shape index (κ1) is 15.5. The van der Waals surface area contributed by atoms with Crippen molar-refractivity contribution >= 4 is 39.0 Å². The molecule has 3 N–H and O–H groups in total. The molecule has 0 saturated heterocycles. The summed E-state index contributed by atoms with van der Waals surface area (Å²) < 4.78 is 5.72. The Labute approximate surface area is 127 Å². The molecule has 0 radical (unpaired) electrons. The molecule has 5 nitrogen and oxygen atoms in total. The van der Waals surface area contributed by atoms with Crippen LogP contribution in [0.3, 0.4) is 0 Å². The van der Waals surface area contributed by atoms with Crippen molar-refractivity contribution in [1.82, 2.24) is 0 Å². The largest absolute Gasteiger partial charge is 0.465 e. The number of carbonyl (C=O) groups excluding carboxylic acids is 2. The van der Waals surface area contributed by atoms with Gasteiger partial charge in [-0.2, -0.15) is 0 Å². The summed E-state index contributed by atoms with van der Waals surface area (Å²) in [7, 11) is 1.33. The van der Waals surface area contributed by atoms with Crippen LogP contribution in [-0.2, 0) is 9.53 Å². The molecule has 0 fully saturated rings. The smallest absolute Gasteiger partial charge is 0.350 e. The minimum atomic E-state index is -0.446. The Bertz CT molecular complexity index is 666. The molecule has 1 heterocycles. The molecule has 2 rings (SSSR count). The number of hydrogen-bond donors (Lipinski definition) is 2. The van der Waals surface area contributed by atoms with Crippen molar-refractivity contribution in [2.75, 3.05) is 19.0 Å². The topological polar surface area (TPSA) is 81.4 Å². The lowest BCUT2D eigenvalue weighted by Crippen LogP contribution is -2.20. The molecule has 0 aliphatic carbocycles. The van der Waals surface area contributed by atoms with E-state index < -0.39 is 5.97 Å². The molecule has 0 saturated carbocycles. The highest BCUT2D eigenvalue weighted by Crippen LogP contribution is 2.36. The molecule has 112 valence electrons. The van der Waals surface area contributed by atoms with Crippen molar-refractivity contribution in [3.05, 3.63) is 29.1 Å². The van der Waals surface area contributed by atoms with Crippen LogP contribution >= 0.6 is 11.3 Å². The van der Waals surface area contributed by atoms with Gasteiger partial charge in [-0.1, -0.05) is 25.1 Å². The minimum Gasteiger partial charge on any atom is -0.465 e. The summed E-state index contributed by atoms with van der Waals surface area (Å²) in [5, 5.41) is 3.67. The maximum Gasteiger partial charge on any atom is 0.350 e. The maximum absolute atomic E-state index is 12.1. The zero-order valence-electron chi connectivity index (χ0n) is 12.0. The lowest BCUT2D eigenvalue weighted by Gasteiger charge is -2.10. The minimum absolute atomic E-state index is 0.0940. The number of nitrogens with two attached hydrogens (primary N) is 1. The lowest BCUT2D eigenvalue weighted by atomic mass is 10.1. The number of thiophene rings is 1. The van der Waals surface area contributed by atoms with Crippen molar-refractivity contribution in [2.24, 2.45) is 11.7 Å². The van der Waals surface area contributed by atoms with Crippen LogP contribution < -0.4 is 11.1 Å². The van der Waals surface area contributed by atoms with Gasteiger partial charge in [0, 0.05) is 16.5 Å². The lowest BCUT2D eigenvalue weighted by molar-refractivity contribution is -0.116. The molecule has 21 heavy (non-hydrogen) atoms. The molecule has 1 atom stereocenters. The fraction of sp³-hybridized carbons (Fsp3) is 0.333. The number of hydrogen-bond acceptors (Lipinski definition) is 5. The summed E-state index contributed by atoms with van der Waals surface area (Å²) in [4.78, 5) is 24.4. The van der Waals surface area contributed by atoms with Crippen LogP contribution in [0.2, 0.25) is 0 Å². The van der Waals surface area contributed by atoms with Gasteiger partial charge >= 0.3 is 5.97 Å². The van der Waals surface area contributed by atoms with Crippen LogP contribution in [0.25, 0.3) is 10.1 Å². The third-order valence-corrected chi connectivity index (χ3v) is 4.32. The first-order valence-corrected chi connectivity index (χ1v) is 7.48. The Balaban J connectivity index is 2.36. The number of anilines is 1. The molecular formula is C15H18N2O3S. The van der Waals surface area contributed by atoms with Crippen LogP contribution in [0.4, 0.5) is 5.69 Å². The second kappa shape index (κ2) is 6.69. The highest BCUT2D eigenvalue weighted by Gasteiger charge is 2.21. The zero-order chi connectivity index (χ0) is 15.4. The van der Waals surface area contributed by atoms with E-state index in [0.29, 0.717) is 23.5 Å². The maximum atomic E-state index is 12.1. The molecule has 1 unspecified atom stereocenters. The van der Waals surface area contributed by atoms with Gasteiger partial charge in [-0.05, 0) is 18.5 Å². The second-order valence-electron chi connectivity index (χ2n) is 4.89. The summed E-state index contributed by atoms with van der Waals surface area (Å²) >= 11 is 1.31. The van der Waals surface area contributed by atoms with Crippen molar-refractivity contribution in [2.45, 2.75) is 13.3 Å². The van der Waals surface area contributed by atoms with E-state index in [0.717, 1.165) is 10.1 Å². The highest BCUT2D eigenvalue weighted by molar-refractivity contribution is 7.21. The van der Waals surface area contributed by atoms with Crippen LogP contribution in [0, 0.1) is 5.92 Å². The molecule has 1 amide bonds. The zero-order valence-corrected chi connectivity index (χ0v) is 12.8. The second-order valence-corrected chi connectivity index (χ2v) is 5.94. The van der Waals surface area contributed by atoms with Crippen molar-refractivity contribution in [3.63, 3.8) is 0 Å². The molecule has 1 aromatic carbocycles. The van der Waals surface area contributed by atoms with Gasteiger partial charge in [-0.25, -0.2) is 4.79 Å². The van der Waals surface area contributed by atoms with Crippen molar-refractivity contribution < 1.29 is 14.3 Å². The Morgan fingerprint density at radius 1 is 1.38 bits per heavy atom. The number of methoxy groups -OCH3 is 1. The van der Waals surface area contributed by atoms with Gasteiger partial charge in [0.25, 0.3) is 0 Å². The van der Waals surface area contributed by atoms with Gasteiger partial charge in [0.05, 0.1) is 12.8 Å². The van der Waals surface area contributed by atoms with Crippen LogP contribution in [-0.4, -0.2) is 25.5 Å². The van der Waals surface area contributed by atoms with Gasteiger partial charge in [0.2, 0.25) is 5.91 Å². The number of benzene rings is 1. The molecule has 1 aromatic heterocycles. The van der Waals surface area contributed by atoms with Gasteiger partial charge in [-0.3, -0.25) is 4.79 Å². The number of esters is 1. The number of nitrogens with one attached hydrogen (secondary N) is 1. The van der Waals surface area contributed by atoms with Gasteiger partial charge in [0.1, 0.15) is 4.88 Å². The molecule has 2 aromatic rings. The molecule has 0 aliphatic rings. The fourth-order valence-electron chi connectivity index (χ4n) is 2.00. The average Bonchev–Trinajstić information content (AvgIpc) is 2.85. The van der Waals surface area contributed by atoms with Gasteiger partial charge in [-0.15, -0.1) is 11.3 Å². The van der Waals surface area contributed by atoms with E-state index in [2.05, 4.69) is 5.32 Å². The first-order chi connectivity index (χ1) is 10.1. The summed E-state index contributed by atoms with van der Waals surface area (Å²) in [6.07, 6.45) is 0.321.